The molecule has 0 aliphatic carbocycles. The van der Waals surface area contributed by atoms with Gasteiger partial charge in [-0.05, 0) is 50.2 Å². The van der Waals surface area contributed by atoms with Crippen LogP contribution in [0.4, 0.5) is 5.69 Å². The van der Waals surface area contributed by atoms with Crippen LogP contribution in [0.1, 0.15) is 18.4 Å². The summed E-state index contributed by atoms with van der Waals surface area (Å²) in [4.78, 5) is 16.9. The van der Waals surface area contributed by atoms with Gasteiger partial charge in [0.25, 0.3) is 0 Å². The first-order chi connectivity index (χ1) is 13.1. The molecule has 0 unspecified atom stereocenters. The van der Waals surface area contributed by atoms with Crippen molar-refractivity contribution in [2.45, 2.75) is 20.3 Å². The second kappa shape index (κ2) is 8.40. The molecule has 2 aromatic carbocycles. The highest BCUT2D eigenvalue weighted by molar-refractivity contribution is 5.93. The third kappa shape index (κ3) is 4.47. The van der Waals surface area contributed by atoms with E-state index in [4.69, 9.17) is 13.9 Å². The Hall–Kier alpha value is -3.28. The molecule has 1 heterocycles. The van der Waals surface area contributed by atoms with E-state index in [1.54, 1.807) is 20.1 Å². The van der Waals surface area contributed by atoms with Crippen molar-refractivity contribution in [1.82, 2.24) is 4.98 Å². The number of aryl methyl sites for hydroxylation is 1. The lowest BCUT2D eigenvalue weighted by atomic mass is 10.2. The van der Waals surface area contributed by atoms with Gasteiger partial charge in [0.05, 0.1) is 31.5 Å². The molecule has 3 aromatic rings. The zero-order valence-electron chi connectivity index (χ0n) is 15.6. The Balaban J connectivity index is 1.72. The number of anilines is 1. The fourth-order valence-electron chi connectivity index (χ4n) is 2.65. The first-order valence-electron chi connectivity index (χ1n) is 8.73. The molecule has 27 heavy (non-hydrogen) atoms. The van der Waals surface area contributed by atoms with Crippen LogP contribution in [-0.2, 0) is 11.2 Å². The molecule has 0 saturated carbocycles. The second-order valence-electron chi connectivity index (χ2n) is 5.90. The van der Waals surface area contributed by atoms with Crippen molar-refractivity contribution in [3.8, 4) is 23.0 Å². The number of oxazole rings is 1. The number of para-hydroxylation sites is 2. The number of methoxy groups -OCH3 is 1. The van der Waals surface area contributed by atoms with Crippen LogP contribution in [-0.4, -0.2) is 24.6 Å². The molecule has 0 radical (unpaired) electrons. The van der Waals surface area contributed by atoms with Gasteiger partial charge in [-0.1, -0.05) is 12.1 Å². The van der Waals surface area contributed by atoms with Crippen molar-refractivity contribution in [2.75, 3.05) is 19.0 Å². The maximum Gasteiger partial charge on any atom is 0.230 e. The van der Waals surface area contributed by atoms with Crippen LogP contribution in [0.3, 0.4) is 0 Å². The van der Waals surface area contributed by atoms with Crippen molar-refractivity contribution in [3.63, 3.8) is 0 Å². The Morgan fingerprint density at radius 3 is 2.59 bits per heavy atom. The number of carbonyl (C=O) groups is 1. The first-order valence-corrected chi connectivity index (χ1v) is 8.73. The number of rotatable bonds is 7. The molecule has 0 spiro atoms. The van der Waals surface area contributed by atoms with Crippen molar-refractivity contribution >= 4 is 11.6 Å². The van der Waals surface area contributed by atoms with Gasteiger partial charge in [-0.15, -0.1) is 0 Å². The summed E-state index contributed by atoms with van der Waals surface area (Å²) >= 11 is 0. The third-order valence-corrected chi connectivity index (χ3v) is 4.02. The molecule has 1 aromatic heterocycles. The summed E-state index contributed by atoms with van der Waals surface area (Å²) in [6.07, 6.45) is 0.117. The van der Waals surface area contributed by atoms with E-state index >= 15 is 0 Å². The third-order valence-electron chi connectivity index (χ3n) is 4.02. The van der Waals surface area contributed by atoms with Gasteiger partial charge in [-0.2, -0.15) is 0 Å². The number of ether oxygens (including phenoxy) is 2. The largest absolute Gasteiger partial charge is 0.497 e. The van der Waals surface area contributed by atoms with Crippen LogP contribution in [0.2, 0.25) is 0 Å². The lowest BCUT2D eigenvalue weighted by Gasteiger charge is -2.10. The average Bonchev–Trinajstić information content (AvgIpc) is 3.04. The number of nitrogens with zero attached hydrogens (tertiary/aromatic N) is 1. The second-order valence-corrected chi connectivity index (χ2v) is 5.90. The topological polar surface area (TPSA) is 73.6 Å². The highest BCUT2D eigenvalue weighted by Crippen LogP contribution is 2.26. The highest BCUT2D eigenvalue weighted by Gasteiger charge is 2.16. The number of hydrogen-bond acceptors (Lipinski definition) is 5. The smallest absolute Gasteiger partial charge is 0.230 e. The maximum absolute atomic E-state index is 12.5. The molecule has 6 nitrogen and oxygen atoms in total. The average molecular weight is 366 g/mol. The number of amides is 1. The van der Waals surface area contributed by atoms with Gasteiger partial charge in [0.15, 0.2) is 0 Å². The van der Waals surface area contributed by atoms with Crippen LogP contribution >= 0.6 is 0 Å². The summed E-state index contributed by atoms with van der Waals surface area (Å²) in [6.45, 7) is 4.23. The van der Waals surface area contributed by atoms with Crippen LogP contribution < -0.4 is 14.8 Å². The predicted octanol–water partition coefficient (Wildman–Crippen LogP) is 4.24. The van der Waals surface area contributed by atoms with Crippen molar-refractivity contribution < 1.29 is 18.7 Å². The molecule has 3 rings (SSSR count). The molecule has 1 N–H and O–H groups in total. The monoisotopic (exact) mass is 366 g/mol. The Kier molecular flexibility index (Phi) is 5.76. The fraction of sp³-hybridized carbons (Fsp3) is 0.238. The van der Waals surface area contributed by atoms with Gasteiger partial charge >= 0.3 is 0 Å². The number of aromatic nitrogens is 1. The van der Waals surface area contributed by atoms with E-state index in [-0.39, 0.29) is 12.3 Å². The molecule has 1 amide bonds. The van der Waals surface area contributed by atoms with Gasteiger partial charge in [0.2, 0.25) is 11.8 Å². The molecule has 0 fully saturated rings. The van der Waals surface area contributed by atoms with Crippen LogP contribution in [0, 0.1) is 6.92 Å². The summed E-state index contributed by atoms with van der Waals surface area (Å²) in [6, 6.07) is 14.8. The van der Waals surface area contributed by atoms with E-state index in [0.29, 0.717) is 35.4 Å². The maximum atomic E-state index is 12.5. The molecule has 0 saturated heterocycles. The molecule has 0 aliphatic heterocycles. The number of nitrogens with one attached hydrogen (secondary N) is 1. The zero-order chi connectivity index (χ0) is 19.2. The van der Waals surface area contributed by atoms with E-state index in [1.807, 2.05) is 49.4 Å². The zero-order valence-corrected chi connectivity index (χ0v) is 15.6. The van der Waals surface area contributed by atoms with Gasteiger partial charge in [0.1, 0.15) is 17.3 Å². The van der Waals surface area contributed by atoms with Crippen LogP contribution in [0.5, 0.6) is 11.5 Å². The lowest BCUT2D eigenvalue weighted by Crippen LogP contribution is -2.16. The Morgan fingerprint density at radius 2 is 1.89 bits per heavy atom. The number of carbonyl (C=O) groups excluding carboxylic acids is 1. The fourth-order valence-corrected chi connectivity index (χ4v) is 2.65. The Morgan fingerprint density at radius 1 is 1.15 bits per heavy atom. The van der Waals surface area contributed by atoms with E-state index in [0.717, 1.165) is 11.3 Å². The SMILES string of the molecule is CCOc1ccccc1NC(=O)Cc1nc(-c2ccc(OC)cc2)oc1C. The van der Waals surface area contributed by atoms with E-state index in [9.17, 15) is 4.79 Å². The summed E-state index contributed by atoms with van der Waals surface area (Å²) in [7, 11) is 1.62. The van der Waals surface area contributed by atoms with E-state index < -0.39 is 0 Å². The van der Waals surface area contributed by atoms with Gasteiger partial charge in [-0.25, -0.2) is 4.98 Å². The molecular formula is C21H22N2O4. The minimum Gasteiger partial charge on any atom is -0.497 e. The highest BCUT2D eigenvalue weighted by atomic mass is 16.5. The van der Waals surface area contributed by atoms with E-state index in [1.165, 1.54) is 0 Å². The Labute approximate surface area is 158 Å². The molecular weight excluding hydrogens is 344 g/mol. The number of benzene rings is 2. The van der Waals surface area contributed by atoms with Crippen LogP contribution in [0.15, 0.2) is 52.9 Å². The molecule has 0 bridgehead atoms. The Bertz CT molecular complexity index is 916. The standard InChI is InChI=1S/C21H22N2O4/c1-4-26-19-8-6-5-7-17(19)22-20(24)13-18-14(2)27-21(23-18)15-9-11-16(25-3)12-10-15/h5-12H,4,13H2,1-3H3,(H,22,24). The molecule has 6 heteroatoms. The van der Waals surface area contributed by atoms with Crippen molar-refractivity contribution in [1.29, 1.82) is 0 Å². The summed E-state index contributed by atoms with van der Waals surface area (Å²) in [5, 5.41) is 2.87. The van der Waals surface area contributed by atoms with E-state index in [2.05, 4.69) is 10.3 Å². The summed E-state index contributed by atoms with van der Waals surface area (Å²) in [5.74, 6) is 2.32. The predicted molar refractivity (Wildman–Crippen MR) is 103 cm³/mol. The molecule has 0 aliphatic rings. The summed E-state index contributed by atoms with van der Waals surface area (Å²) < 4.78 is 16.4. The first kappa shape index (κ1) is 18.5. The lowest BCUT2D eigenvalue weighted by molar-refractivity contribution is -0.115. The minimum atomic E-state index is -0.181. The van der Waals surface area contributed by atoms with Crippen molar-refractivity contribution in [2.24, 2.45) is 0 Å². The quantitative estimate of drug-likeness (QED) is 0.677. The van der Waals surface area contributed by atoms with Crippen LogP contribution in [0.25, 0.3) is 11.5 Å². The summed E-state index contributed by atoms with van der Waals surface area (Å²) in [5.41, 5.74) is 2.07. The van der Waals surface area contributed by atoms with Crippen molar-refractivity contribution in [3.05, 3.63) is 60.0 Å². The number of hydrogen-bond donors (Lipinski definition) is 1. The van der Waals surface area contributed by atoms with Gasteiger partial charge in [-0.3, -0.25) is 4.79 Å². The normalized spacial score (nSPS) is 10.5. The minimum absolute atomic E-state index is 0.117. The van der Waals surface area contributed by atoms with Gasteiger partial charge < -0.3 is 19.2 Å². The van der Waals surface area contributed by atoms with Gasteiger partial charge in [0, 0.05) is 5.56 Å². The molecule has 0 atom stereocenters. The molecule has 140 valence electrons.